The Morgan fingerprint density at radius 1 is 1.15 bits per heavy atom. The van der Waals surface area contributed by atoms with Gasteiger partial charge in [-0.15, -0.1) is 0 Å². The molecule has 0 aromatic heterocycles. The van der Waals surface area contributed by atoms with E-state index in [0.717, 1.165) is 11.3 Å². The predicted molar refractivity (Wildman–Crippen MR) is 84.3 cm³/mol. The van der Waals surface area contributed by atoms with Gasteiger partial charge in [-0.1, -0.05) is 54.6 Å². The fourth-order valence-electron chi connectivity index (χ4n) is 1.90. The third-order valence-electron chi connectivity index (χ3n) is 3.05. The first kappa shape index (κ1) is 14.4. The van der Waals surface area contributed by atoms with Gasteiger partial charge in [0.2, 0.25) is 0 Å². The maximum atomic E-state index is 12.1. The van der Waals surface area contributed by atoms with Crippen LogP contribution in [0.1, 0.15) is 22.3 Å². The highest BCUT2D eigenvalue weighted by Gasteiger charge is 2.09. The number of halogens is 1. The van der Waals surface area contributed by atoms with E-state index in [1.807, 2.05) is 43.3 Å². The standard InChI is InChI=1S/C17H16ClNO/c1-12(11-17(20)14-7-4-3-5-8-14)19-16-10-6-9-15(18)13(16)2/h3-10,19H,1,11H2,2H3. The molecular weight excluding hydrogens is 270 g/mol. The Bertz CT molecular complexity index is 635. The maximum Gasteiger partial charge on any atom is 0.168 e. The van der Waals surface area contributed by atoms with Gasteiger partial charge in [0.1, 0.15) is 0 Å². The fraction of sp³-hybridized carbons (Fsp3) is 0.118. The molecule has 0 aliphatic heterocycles. The summed E-state index contributed by atoms with van der Waals surface area (Å²) in [5.74, 6) is 0.0442. The van der Waals surface area contributed by atoms with Crippen LogP contribution in [0.25, 0.3) is 0 Å². The van der Waals surface area contributed by atoms with Gasteiger partial charge < -0.3 is 5.32 Å². The fourth-order valence-corrected chi connectivity index (χ4v) is 2.07. The van der Waals surface area contributed by atoms with E-state index in [4.69, 9.17) is 11.6 Å². The van der Waals surface area contributed by atoms with Gasteiger partial charge in [0.25, 0.3) is 0 Å². The number of nitrogens with one attached hydrogen (secondary N) is 1. The van der Waals surface area contributed by atoms with Crippen molar-refractivity contribution in [3.05, 3.63) is 77.0 Å². The van der Waals surface area contributed by atoms with Gasteiger partial charge in [-0.2, -0.15) is 0 Å². The third kappa shape index (κ3) is 3.49. The molecule has 3 heteroatoms. The third-order valence-corrected chi connectivity index (χ3v) is 3.46. The lowest BCUT2D eigenvalue weighted by Crippen LogP contribution is -2.07. The van der Waals surface area contributed by atoms with Gasteiger partial charge in [0.05, 0.1) is 6.42 Å². The summed E-state index contributed by atoms with van der Waals surface area (Å²) in [7, 11) is 0. The Labute approximate surface area is 124 Å². The molecule has 0 radical (unpaired) electrons. The second kappa shape index (κ2) is 6.40. The van der Waals surface area contributed by atoms with Crippen LogP contribution in [0, 0.1) is 6.92 Å². The molecule has 0 amide bonds. The lowest BCUT2D eigenvalue weighted by atomic mass is 10.1. The molecule has 0 bridgehead atoms. The van der Waals surface area contributed by atoms with Crippen molar-refractivity contribution in [2.75, 3.05) is 5.32 Å². The second-order valence-electron chi connectivity index (χ2n) is 4.61. The van der Waals surface area contributed by atoms with Crippen LogP contribution in [-0.4, -0.2) is 5.78 Å². The van der Waals surface area contributed by atoms with Crippen LogP contribution in [0.2, 0.25) is 5.02 Å². The van der Waals surface area contributed by atoms with E-state index in [-0.39, 0.29) is 12.2 Å². The Morgan fingerprint density at radius 2 is 1.85 bits per heavy atom. The Balaban J connectivity index is 2.03. The van der Waals surface area contributed by atoms with Gasteiger partial charge in [-0.05, 0) is 24.6 Å². The van der Waals surface area contributed by atoms with Crippen LogP contribution >= 0.6 is 11.6 Å². The molecule has 0 fully saturated rings. The summed E-state index contributed by atoms with van der Waals surface area (Å²) in [5, 5.41) is 3.84. The van der Waals surface area contributed by atoms with E-state index < -0.39 is 0 Å². The van der Waals surface area contributed by atoms with Crippen LogP contribution in [0.4, 0.5) is 5.69 Å². The van der Waals surface area contributed by atoms with Gasteiger partial charge in [-0.25, -0.2) is 0 Å². The number of carbonyl (C=O) groups is 1. The van der Waals surface area contributed by atoms with E-state index in [1.165, 1.54) is 0 Å². The van der Waals surface area contributed by atoms with Gasteiger partial charge >= 0.3 is 0 Å². The first-order chi connectivity index (χ1) is 9.58. The summed E-state index contributed by atoms with van der Waals surface area (Å²) >= 11 is 6.06. The molecule has 0 saturated heterocycles. The number of ketones is 1. The first-order valence-corrected chi connectivity index (χ1v) is 6.74. The number of hydrogen-bond acceptors (Lipinski definition) is 2. The molecule has 0 saturated carbocycles. The van der Waals surface area contributed by atoms with E-state index >= 15 is 0 Å². The van der Waals surface area contributed by atoms with Crippen LogP contribution in [0.3, 0.4) is 0 Å². The Kier molecular flexibility index (Phi) is 4.59. The molecule has 2 aromatic rings. The summed E-state index contributed by atoms with van der Waals surface area (Å²) in [6, 6.07) is 14.8. The van der Waals surface area contributed by atoms with Crippen molar-refractivity contribution in [2.24, 2.45) is 0 Å². The zero-order valence-electron chi connectivity index (χ0n) is 11.3. The molecule has 2 rings (SSSR count). The normalized spacial score (nSPS) is 10.1. The van der Waals surface area contributed by atoms with Gasteiger partial charge in [0.15, 0.2) is 5.78 Å². The second-order valence-corrected chi connectivity index (χ2v) is 5.01. The van der Waals surface area contributed by atoms with Crippen LogP contribution in [0.15, 0.2) is 60.8 Å². The molecule has 1 N–H and O–H groups in total. The number of allylic oxidation sites excluding steroid dienone is 1. The molecule has 0 atom stereocenters. The van der Waals surface area contributed by atoms with Crippen LogP contribution in [0.5, 0.6) is 0 Å². The predicted octanol–water partition coefficient (Wildman–Crippen LogP) is 4.85. The van der Waals surface area contributed by atoms with E-state index in [9.17, 15) is 4.79 Å². The molecule has 0 heterocycles. The maximum absolute atomic E-state index is 12.1. The smallest absolute Gasteiger partial charge is 0.168 e. The van der Waals surface area contributed by atoms with E-state index in [2.05, 4.69) is 11.9 Å². The molecule has 102 valence electrons. The number of carbonyl (C=O) groups excluding carboxylic acids is 1. The molecular formula is C17H16ClNO. The van der Waals surface area contributed by atoms with Gasteiger partial charge in [-0.3, -0.25) is 4.79 Å². The number of anilines is 1. The van der Waals surface area contributed by atoms with Crippen molar-refractivity contribution < 1.29 is 4.79 Å². The lowest BCUT2D eigenvalue weighted by molar-refractivity contribution is 0.0993. The quantitative estimate of drug-likeness (QED) is 0.796. The first-order valence-electron chi connectivity index (χ1n) is 6.36. The minimum absolute atomic E-state index is 0.0442. The lowest BCUT2D eigenvalue weighted by Gasteiger charge is -2.12. The zero-order valence-corrected chi connectivity index (χ0v) is 12.1. The Morgan fingerprint density at radius 3 is 2.55 bits per heavy atom. The molecule has 0 aliphatic rings. The Hall–Kier alpha value is -2.06. The number of hydrogen-bond donors (Lipinski definition) is 1. The molecule has 0 unspecified atom stereocenters. The van der Waals surface area contributed by atoms with Crippen molar-refractivity contribution in [2.45, 2.75) is 13.3 Å². The minimum atomic E-state index is 0.0442. The monoisotopic (exact) mass is 285 g/mol. The SMILES string of the molecule is C=C(CC(=O)c1ccccc1)Nc1cccc(Cl)c1C. The van der Waals surface area contributed by atoms with E-state index in [0.29, 0.717) is 16.3 Å². The molecule has 2 nitrogen and oxygen atoms in total. The van der Waals surface area contributed by atoms with Crippen molar-refractivity contribution in [1.82, 2.24) is 0 Å². The van der Waals surface area contributed by atoms with Crippen molar-refractivity contribution >= 4 is 23.1 Å². The van der Waals surface area contributed by atoms with Crippen LogP contribution < -0.4 is 5.32 Å². The average Bonchev–Trinajstić information content (AvgIpc) is 2.45. The summed E-state index contributed by atoms with van der Waals surface area (Å²) in [6.07, 6.45) is 0.260. The van der Waals surface area contributed by atoms with Crippen molar-refractivity contribution in [3.8, 4) is 0 Å². The highest BCUT2D eigenvalue weighted by atomic mass is 35.5. The average molecular weight is 286 g/mol. The minimum Gasteiger partial charge on any atom is -0.359 e. The summed E-state index contributed by atoms with van der Waals surface area (Å²) in [5.41, 5.74) is 3.17. The number of benzene rings is 2. The van der Waals surface area contributed by atoms with Crippen molar-refractivity contribution in [3.63, 3.8) is 0 Å². The largest absolute Gasteiger partial charge is 0.359 e. The zero-order chi connectivity index (χ0) is 14.5. The summed E-state index contributed by atoms with van der Waals surface area (Å²) < 4.78 is 0. The molecule has 0 aliphatic carbocycles. The highest BCUT2D eigenvalue weighted by Crippen LogP contribution is 2.24. The highest BCUT2D eigenvalue weighted by molar-refractivity contribution is 6.31. The molecule has 20 heavy (non-hydrogen) atoms. The van der Waals surface area contributed by atoms with Gasteiger partial charge in [0, 0.05) is 22.0 Å². The van der Waals surface area contributed by atoms with Crippen molar-refractivity contribution in [1.29, 1.82) is 0 Å². The van der Waals surface area contributed by atoms with E-state index in [1.54, 1.807) is 12.1 Å². The molecule has 0 spiro atoms. The topological polar surface area (TPSA) is 29.1 Å². The number of rotatable bonds is 5. The van der Waals surface area contributed by atoms with Crippen LogP contribution in [-0.2, 0) is 0 Å². The molecule has 2 aromatic carbocycles. The summed E-state index contributed by atoms with van der Waals surface area (Å²) in [4.78, 5) is 12.1. The number of Topliss-reactive ketones (excluding diaryl/α,β-unsaturated/α-hetero) is 1. The summed E-state index contributed by atoms with van der Waals surface area (Å²) in [6.45, 7) is 5.84.